The Morgan fingerprint density at radius 3 is 2.55 bits per heavy atom. The van der Waals surface area contributed by atoms with Gasteiger partial charge in [0.05, 0.1) is 11.3 Å². The number of pyridine rings is 1. The van der Waals surface area contributed by atoms with Crippen LogP contribution in [0.25, 0.3) is 33.4 Å². The van der Waals surface area contributed by atoms with E-state index in [0.29, 0.717) is 28.8 Å². The van der Waals surface area contributed by atoms with E-state index in [0.717, 1.165) is 41.6 Å². The fourth-order valence-electron chi connectivity index (χ4n) is 4.43. The fourth-order valence-corrected chi connectivity index (χ4v) is 4.43. The first-order chi connectivity index (χ1) is 16.0. The predicted octanol–water partition coefficient (Wildman–Crippen LogP) is 6.84. The smallest absolute Gasteiger partial charge is 0.351 e. The molecule has 0 spiro atoms. The van der Waals surface area contributed by atoms with Crippen molar-refractivity contribution in [2.45, 2.75) is 50.7 Å². The lowest BCUT2D eigenvalue weighted by Gasteiger charge is -2.16. The van der Waals surface area contributed by atoms with Gasteiger partial charge in [-0.2, -0.15) is 13.2 Å². The van der Waals surface area contributed by atoms with Crippen LogP contribution in [-0.2, 0) is 6.18 Å². The van der Waals surface area contributed by atoms with Crippen molar-refractivity contribution in [1.29, 1.82) is 0 Å². The van der Waals surface area contributed by atoms with Crippen LogP contribution in [0.1, 0.15) is 44.1 Å². The maximum absolute atomic E-state index is 13.2. The van der Waals surface area contributed by atoms with Gasteiger partial charge in [0.2, 0.25) is 5.95 Å². The second-order valence-electron chi connectivity index (χ2n) is 8.50. The van der Waals surface area contributed by atoms with Gasteiger partial charge < -0.3 is 10.3 Å². The number of benzene rings is 1. The zero-order valence-electron chi connectivity index (χ0n) is 18.0. The van der Waals surface area contributed by atoms with E-state index in [9.17, 15) is 13.2 Å². The predicted molar refractivity (Wildman–Crippen MR) is 123 cm³/mol. The van der Waals surface area contributed by atoms with E-state index in [2.05, 4.69) is 20.3 Å². The molecule has 1 aromatic carbocycles. The first-order valence-electron chi connectivity index (χ1n) is 11.2. The Labute approximate surface area is 189 Å². The number of aromatic nitrogens is 4. The molecule has 2 N–H and O–H groups in total. The van der Waals surface area contributed by atoms with E-state index >= 15 is 0 Å². The first kappa shape index (κ1) is 21.4. The summed E-state index contributed by atoms with van der Waals surface area (Å²) in [7, 11) is 0. The normalized spacial score (nSPS) is 15.5. The monoisotopic (exact) mass is 451 g/mol. The minimum atomic E-state index is -4.39. The maximum atomic E-state index is 13.2. The highest BCUT2D eigenvalue weighted by molar-refractivity contribution is 5.95. The van der Waals surface area contributed by atoms with Gasteiger partial charge in [-0.25, -0.2) is 15.0 Å². The Morgan fingerprint density at radius 2 is 1.76 bits per heavy atom. The average molecular weight is 451 g/mol. The Balaban J connectivity index is 1.47. The van der Waals surface area contributed by atoms with Gasteiger partial charge in [-0.1, -0.05) is 37.8 Å². The molecule has 8 heteroatoms. The molecule has 1 aliphatic rings. The molecule has 170 valence electrons. The van der Waals surface area contributed by atoms with E-state index in [4.69, 9.17) is 4.98 Å². The third-order valence-corrected chi connectivity index (χ3v) is 6.17. The molecule has 3 heterocycles. The van der Waals surface area contributed by atoms with Crippen LogP contribution in [0, 0.1) is 0 Å². The molecule has 0 bridgehead atoms. The molecular weight excluding hydrogens is 427 g/mol. The fraction of sp³-hybridized carbons (Fsp3) is 0.320. The second kappa shape index (κ2) is 8.84. The number of aromatic amines is 1. The van der Waals surface area contributed by atoms with Crippen LogP contribution in [0.4, 0.5) is 19.1 Å². The highest BCUT2D eigenvalue weighted by atomic mass is 19.4. The summed E-state index contributed by atoms with van der Waals surface area (Å²) in [5, 5.41) is 4.27. The molecule has 3 aromatic heterocycles. The first-order valence-corrected chi connectivity index (χ1v) is 11.2. The number of alkyl halides is 3. The van der Waals surface area contributed by atoms with Crippen molar-refractivity contribution in [1.82, 2.24) is 19.9 Å². The van der Waals surface area contributed by atoms with Gasteiger partial charge in [-0.15, -0.1) is 0 Å². The van der Waals surface area contributed by atoms with Gasteiger partial charge in [0.15, 0.2) is 0 Å². The number of nitrogens with one attached hydrogen (secondary N) is 2. The SMILES string of the molecule is FC(F)(F)c1cccc(-c2cnc3[nH]cc(-c4ccnc(NC5CCCCCC5)n4)c3c2)c1. The topological polar surface area (TPSA) is 66.5 Å². The van der Waals surface area contributed by atoms with Gasteiger partial charge >= 0.3 is 6.18 Å². The number of hydrogen-bond acceptors (Lipinski definition) is 4. The van der Waals surface area contributed by atoms with E-state index in [-0.39, 0.29) is 0 Å². The molecule has 0 unspecified atom stereocenters. The third-order valence-electron chi connectivity index (χ3n) is 6.17. The lowest BCUT2D eigenvalue weighted by atomic mass is 10.0. The summed E-state index contributed by atoms with van der Waals surface area (Å²) < 4.78 is 39.5. The van der Waals surface area contributed by atoms with Crippen LogP contribution in [0.5, 0.6) is 0 Å². The summed E-state index contributed by atoms with van der Waals surface area (Å²) in [6.07, 6.45) is 7.94. The number of H-pyrrole nitrogens is 1. The van der Waals surface area contributed by atoms with Crippen molar-refractivity contribution in [2.24, 2.45) is 0 Å². The molecule has 1 saturated carbocycles. The van der Waals surface area contributed by atoms with Crippen LogP contribution < -0.4 is 5.32 Å². The van der Waals surface area contributed by atoms with Crippen molar-refractivity contribution in [3.8, 4) is 22.4 Å². The Morgan fingerprint density at radius 1 is 0.939 bits per heavy atom. The van der Waals surface area contributed by atoms with Crippen molar-refractivity contribution in [2.75, 3.05) is 5.32 Å². The molecule has 5 rings (SSSR count). The molecule has 5 nitrogen and oxygen atoms in total. The molecule has 0 saturated heterocycles. The Hall–Kier alpha value is -3.42. The summed E-state index contributed by atoms with van der Waals surface area (Å²) in [5.41, 5.74) is 2.61. The van der Waals surface area contributed by atoms with E-state index < -0.39 is 11.7 Å². The quantitative estimate of drug-likeness (QED) is 0.333. The van der Waals surface area contributed by atoms with Crippen LogP contribution in [0.2, 0.25) is 0 Å². The number of hydrogen-bond donors (Lipinski definition) is 2. The maximum Gasteiger partial charge on any atom is 0.416 e. The molecule has 4 aromatic rings. The molecule has 0 radical (unpaired) electrons. The van der Waals surface area contributed by atoms with Crippen molar-refractivity contribution < 1.29 is 13.2 Å². The van der Waals surface area contributed by atoms with Crippen molar-refractivity contribution in [3.05, 3.63) is 60.6 Å². The lowest BCUT2D eigenvalue weighted by Crippen LogP contribution is -2.19. The molecule has 1 aliphatic carbocycles. The zero-order valence-corrected chi connectivity index (χ0v) is 18.0. The summed E-state index contributed by atoms with van der Waals surface area (Å²) in [4.78, 5) is 16.7. The van der Waals surface area contributed by atoms with Crippen LogP contribution >= 0.6 is 0 Å². The number of halogens is 3. The van der Waals surface area contributed by atoms with Crippen LogP contribution in [0.15, 0.2) is 55.0 Å². The minimum absolute atomic E-state index is 0.375. The summed E-state index contributed by atoms with van der Waals surface area (Å²) >= 11 is 0. The average Bonchev–Trinajstić information content (AvgIpc) is 3.07. The van der Waals surface area contributed by atoms with Crippen molar-refractivity contribution >= 4 is 17.0 Å². The second-order valence-corrected chi connectivity index (χ2v) is 8.50. The molecule has 33 heavy (non-hydrogen) atoms. The van der Waals surface area contributed by atoms with E-state index in [1.54, 1.807) is 18.5 Å². The summed E-state index contributed by atoms with van der Waals surface area (Å²) in [6.45, 7) is 0. The largest absolute Gasteiger partial charge is 0.416 e. The molecule has 0 amide bonds. The van der Waals surface area contributed by atoms with Crippen LogP contribution in [0.3, 0.4) is 0 Å². The Bertz CT molecular complexity index is 1260. The molecule has 0 aliphatic heterocycles. The Kier molecular flexibility index (Phi) is 5.74. The summed E-state index contributed by atoms with van der Waals surface area (Å²) in [5.74, 6) is 0.593. The van der Waals surface area contributed by atoms with Gasteiger partial charge in [0, 0.05) is 41.1 Å². The molecule has 1 fully saturated rings. The molecular formula is C25H24F3N5. The minimum Gasteiger partial charge on any atom is -0.351 e. The lowest BCUT2D eigenvalue weighted by molar-refractivity contribution is -0.137. The van der Waals surface area contributed by atoms with E-state index in [1.165, 1.54) is 31.7 Å². The van der Waals surface area contributed by atoms with Crippen LogP contribution in [-0.4, -0.2) is 26.0 Å². The standard InChI is InChI=1S/C25H24F3N5/c26-25(27,28)18-7-5-6-16(12-18)17-13-20-21(15-31-23(20)30-14-17)22-10-11-29-24(33-22)32-19-8-3-1-2-4-9-19/h5-7,10-15,19H,1-4,8-9H2,(H,30,31)(H,29,32,33). The highest BCUT2D eigenvalue weighted by Crippen LogP contribution is 2.34. The number of rotatable bonds is 4. The van der Waals surface area contributed by atoms with Gasteiger partial charge in [-0.05, 0) is 42.7 Å². The number of anilines is 1. The van der Waals surface area contributed by atoms with Gasteiger partial charge in [-0.3, -0.25) is 0 Å². The van der Waals surface area contributed by atoms with E-state index in [1.807, 2.05) is 18.3 Å². The number of nitrogens with zero attached hydrogens (tertiary/aromatic N) is 3. The third kappa shape index (κ3) is 4.69. The van der Waals surface area contributed by atoms with Gasteiger partial charge in [0.25, 0.3) is 0 Å². The number of fused-ring (bicyclic) bond motifs is 1. The zero-order chi connectivity index (χ0) is 22.8. The summed E-state index contributed by atoms with van der Waals surface area (Å²) in [6, 6.07) is 9.34. The van der Waals surface area contributed by atoms with Gasteiger partial charge in [0.1, 0.15) is 5.65 Å². The highest BCUT2D eigenvalue weighted by Gasteiger charge is 2.30. The van der Waals surface area contributed by atoms with Crippen molar-refractivity contribution in [3.63, 3.8) is 0 Å². The molecule has 0 atom stereocenters.